The lowest BCUT2D eigenvalue weighted by Crippen LogP contribution is -2.14. The monoisotopic (exact) mass is 555 g/mol. The predicted octanol–water partition coefficient (Wildman–Crippen LogP) is 6.26. The molecule has 7 rings (SSSR count). The largest absolute Gasteiger partial charge is 0.508 e. The molecule has 5 aromatic heterocycles. The van der Waals surface area contributed by atoms with Crippen molar-refractivity contribution in [3.63, 3.8) is 0 Å². The molecule has 0 atom stereocenters. The van der Waals surface area contributed by atoms with Gasteiger partial charge in [-0.15, -0.1) is 0 Å². The van der Waals surface area contributed by atoms with Crippen LogP contribution in [0.5, 0.6) is 5.75 Å². The van der Waals surface area contributed by atoms with Gasteiger partial charge in [-0.2, -0.15) is 5.10 Å². The number of aromatic amines is 2. The summed E-state index contributed by atoms with van der Waals surface area (Å²) in [5.74, 6) is -0.836. The van der Waals surface area contributed by atoms with Crippen LogP contribution in [0.3, 0.4) is 0 Å². The summed E-state index contributed by atoms with van der Waals surface area (Å²) in [6.45, 7) is 0. The van der Waals surface area contributed by atoms with Crippen LogP contribution in [0, 0.1) is 5.82 Å². The number of halogens is 1. The van der Waals surface area contributed by atoms with Crippen molar-refractivity contribution in [3.05, 3.63) is 109 Å². The van der Waals surface area contributed by atoms with Gasteiger partial charge in [0.05, 0.1) is 53.1 Å². The van der Waals surface area contributed by atoms with Gasteiger partial charge in [0.1, 0.15) is 17.3 Å². The maximum atomic E-state index is 14.0. The maximum absolute atomic E-state index is 14.0. The normalized spacial score (nSPS) is 11.3. The van der Waals surface area contributed by atoms with E-state index in [1.807, 2.05) is 48.5 Å². The molecule has 0 unspecified atom stereocenters. The fourth-order valence-corrected chi connectivity index (χ4v) is 5.05. The molecule has 0 aliphatic rings. The highest BCUT2D eigenvalue weighted by molar-refractivity contribution is 6.01. The standard InChI is InChI=1S/C32H22FN7O2/c33-21-7-19(9-23(41)10-21)26-15-35-16-29-24(26)11-28(38-29)32-25-12-27(36-17-30(25)39-40-32)20-8-22(14-34-13-20)37-31(42)6-18-4-2-1-3-5-18/h1-5,7-17,38,41H,6H2,(H,37,42)(H,39,40). The predicted molar refractivity (Wildman–Crippen MR) is 158 cm³/mol. The van der Waals surface area contributed by atoms with E-state index in [-0.39, 0.29) is 18.1 Å². The number of carbonyl (C=O) groups is 1. The number of phenolic OH excluding ortho intramolecular Hbond substituents is 1. The summed E-state index contributed by atoms with van der Waals surface area (Å²) >= 11 is 0. The van der Waals surface area contributed by atoms with Crippen molar-refractivity contribution in [3.8, 4) is 39.5 Å². The number of aromatic hydroxyl groups is 1. The second-order valence-corrected chi connectivity index (χ2v) is 9.89. The van der Waals surface area contributed by atoms with Gasteiger partial charge in [-0.3, -0.25) is 24.8 Å². The van der Waals surface area contributed by atoms with Crippen molar-refractivity contribution >= 4 is 33.4 Å². The summed E-state index contributed by atoms with van der Waals surface area (Å²) in [4.78, 5) is 29.1. The molecule has 42 heavy (non-hydrogen) atoms. The number of nitrogens with one attached hydrogen (secondary N) is 3. The average molecular weight is 556 g/mol. The SMILES string of the molecule is O=C(Cc1ccccc1)Nc1cncc(-c2cc3c(-c4cc5c(-c6cc(O)cc(F)c6)cncc5[nH]4)n[nH]c3cn2)c1. The Labute approximate surface area is 238 Å². The lowest BCUT2D eigenvalue weighted by molar-refractivity contribution is -0.115. The Bertz CT molecular complexity index is 2080. The van der Waals surface area contributed by atoms with Crippen LogP contribution in [-0.4, -0.2) is 41.1 Å². The molecule has 0 saturated heterocycles. The topological polar surface area (TPSA) is 132 Å². The van der Waals surface area contributed by atoms with E-state index in [9.17, 15) is 14.3 Å². The van der Waals surface area contributed by atoms with Crippen LogP contribution in [0.1, 0.15) is 5.56 Å². The second-order valence-electron chi connectivity index (χ2n) is 9.89. The highest BCUT2D eigenvalue weighted by atomic mass is 19.1. The van der Waals surface area contributed by atoms with Crippen LogP contribution in [0.2, 0.25) is 0 Å². The van der Waals surface area contributed by atoms with Crippen LogP contribution < -0.4 is 5.32 Å². The minimum atomic E-state index is -0.537. The Hall–Kier alpha value is -5.90. The molecule has 7 aromatic rings. The molecule has 4 N–H and O–H groups in total. The zero-order valence-corrected chi connectivity index (χ0v) is 22.0. The number of fused-ring (bicyclic) bond motifs is 2. The third kappa shape index (κ3) is 4.81. The number of hydrogen-bond acceptors (Lipinski definition) is 6. The lowest BCUT2D eigenvalue weighted by Gasteiger charge is -2.07. The molecule has 0 aliphatic heterocycles. The second kappa shape index (κ2) is 10.3. The number of amides is 1. The molecule has 1 amide bonds. The zero-order chi connectivity index (χ0) is 28.6. The van der Waals surface area contributed by atoms with Gasteiger partial charge in [-0.1, -0.05) is 30.3 Å². The van der Waals surface area contributed by atoms with E-state index in [1.165, 1.54) is 12.1 Å². The number of nitrogens with zero attached hydrogens (tertiary/aromatic N) is 4. The van der Waals surface area contributed by atoms with Crippen molar-refractivity contribution in [1.29, 1.82) is 0 Å². The Balaban J connectivity index is 1.22. The highest BCUT2D eigenvalue weighted by Crippen LogP contribution is 2.35. The van der Waals surface area contributed by atoms with Gasteiger partial charge in [0, 0.05) is 40.4 Å². The molecule has 0 radical (unpaired) electrons. The number of anilines is 1. The van der Waals surface area contributed by atoms with E-state index in [2.05, 4.69) is 35.5 Å². The molecule has 9 nitrogen and oxygen atoms in total. The molecule has 5 heterocycles. The third-order valence-corrected chi connectivity index (χ3v) is 6.97. The molecule has 204 valence electrons. The van der Waals surface area contributed by atoms with Gasteiger partial charge >= 0.3 is 0 Å². The number of H-pyrrole nitrogens is 2. The zero-order valence-electron chi connectivity index (χ0n) is 22.0. The lowest BCUT2D eigenvalue weighted by atomic mass is 10.0. The summed E-state index contributed by atoms with van der Waals surface area (Å²) in [5, 5.41) is 22.0. The van der Waals surface area contributed by atoms with Crippen molar-refractivity contribution in [2.45, 2.75) is 6.42 Å². The summed E-state index contributed by atoms with van der Waals surface area (Å²) in [6, 6.07) is 19.1. The first kappa shape index (κ1) is 25.1. The van der Waals surface area contributed by atoms with E-state index < -0.39 is 5.82 Å². The molecule has 0 spiro atoms. The number of hydrogen-bond donors (Lipinski definition) is 4. The molecule has 10 heteroatoms. The van der Waals surface area contributed by atoms with Gasteiger partial charge in [0.15, 0.2) is 0 Å². The van der Waals surface area contributed by atoms with Crippen molar-refractivity contribution in [1.82, 2.24) is 30.1 Å². The van der Waals surface area contributed by atoms with Crippen molar-refractivity contribution in [2.24, 2.45) is 0 Å². The summed E-state index contributed by atoms with van der Waals surface area (Å²) in [6.07, 6.45) is 8.57. The summed E-state index contributed by atoms with van der Waals surface area (Å²) < 4.78 is 14.0. The number of rotatable bonds is 6. The van der Waals surface area contributed by atoms with Gasteiger partial charge in [-0.25, -0.2) is 4.39 Å². The Kier molecular flexibility index (Phi) is 6.12. The molecule has 2 aromatic carbocycles. The van der Waals surface area contributed by atoms with Crippen LogP contribution in [0.25, 0.3) is 55.6 Å². The van der Waals surface area contributed by atoms with Gasteiger partial charge in [0.2, 0.25) is 5.91 Å². The average Bonchev–Trinajstić information content (AvgIpc) is 3.61. The number of phenols is 1. The first-order valence-corrected chi connectivity index (χ1v) is 13.1. The highest BCUT2D eigenvalue weighted by Gasteiger charge is 2.16. The van der Waals surface area contributed by atoms with Crippen molar-refractivity contribution < 1.29 is 14.3 Å². The summed E-state index contributed by atoms with van der Waals surface area (Å²) in [5.41, 5.74) is 6.93. The minimum Gasteiger partial charge on any atom is -0.508 e. The Morgan fingerprint density at radius 1 is 0.857 bits per heavy atom. The van der Waals surface area contributed by atoms with E-state index >= 15 is 0 Å². The van der Waals surface area contributed by atoms with E-state index in [4.69, 9.17) is 0 Å². The molecule has 0 fully saturated rings. The molecular weight excluding hydrogens is 533 g/mol. The Morgan fingerprint density at radius 3 is 2.57 bits per heavy atom. The van der Waals surface area contributed by atoms with Gasteiger partial charge in [0.25, 0.3) is 0 Å². The quantitative estimate of drug-likeness (QED) is 0.192. The fourth-order valence-electron chi connectivity index (χ4n) is 5.05. The molecule has 0 bridgehead atoms. The smallest absolute Gasteiger partial charge is 0.228 e. The Morgan fingerprint density at radius 2 is 1.71 bits per heavy atom. The molecule has 0 aliphatic carbocycles. The molecule has 0 saturated carbocycles. The first-order valence-electron chi connectivity index (χ1n) is 13.1. The van der Waals surface area contributed by atoms with Crippen LogP contribution >= 0.6 is 0 Å². The number of carbonyl (C=O) groups excluding carboxylic acids is 1. The number of aromatic nitrogens is 6. The first-order chi connectivity index (χ1) is 20.5. The van der Waals surface area contributed by atoms with E-state index in [1.54, 1.807) is 31.0 Å². The van der Waals surface area contributed by atoms with Crippen LogP contribution in [0.4, 0.5) is 10.1 Å². The minimum absolute atomic E-state index is 0.137. The number of pyridine rings is 3. The van der Waals surface area contributed by atoms with Gasteiger partial charge in [-0.05, 0) is 41.5 Å². The molecular formula is C32H22FN7O2. The number of benzene rings is 2. The van der Waals surface area contributed by atoms with Crippen molar-refractivity contribution in [2.75, 3.05) is 5.32 Å². The fraction of sp³-hybridized carbons (Fsp3) is 0.0312. The third-order valence-electron chi connectivity index (χ3n) is 6.97. The van der Waals surface area contributed by atoms with E-state index in [0.717, 1.165) is 44.7 Å². The van der Waals surface area contributed by atoms with Crippen LogP contribution in [0.15, 0.2) is 97.7 Å². The maximum Gasteiger partial charge on any atom is 0.228 e. The van der Waals surface area contributed by atoms with Crippen LogP contribution in [-0.2, 0) is 11.2 Å². The summed E-state index contributed by atoms with van der Waals surface area (Å²) in [7, 11) is 0. The van der Waals surface area contributed by atoms with Gasteiger partial charge < -0.3 is 15.4 Å². The van der Waals surface area contributed by atoms with E-state index in [0.29, 0.717) is 28.2 Å².